The van der Waals surface area contributed by atoms with Crippen LogP contribution in [0, 0.1) is 29.6 Å². The summed E-state index contributed by atoms with van der Waals surface area (Å²) in [6, 6.07) is 23.0. The number of thiazole rings is 1. The van der Waals surface area contributed by atoms with Crippen molar-refractivity contribution in [2.45, 2.75) is 29.2 Å². The van der Waals surface area contributed by atoms with E-state index in [1.165, 1.54) is 16.2 Å². The lowest BCUT2D eigenvalue weighted by Gasteiger charge is -2.43. The molecule has 7 atom stereocenters. The van der Waals surface area contributed by atoms with E-state index in [0.717, 1.165) is 37.7 Å². The molecule has 4 aliphatic rings. The number of ether oxygens (including phenoxy) is 1. The number of nitrogens with zero attached hydrogens (tertiary/aromatic N) is 1. The first-order valence-corrected chi connectivity index (χ1v) is 16.7. The van der Waals surface area contributed by atoms with Gasteiger partial charge in [0, 0.05) is 31.1 Å². The third kappa shape index (κ3) is 4.08. The van der Waals surface area contributed by atoms with Crippen LogP contribution >= 0.6 is 50.6 Å². The molecule has 3 fully saturated rings. The summed E-state index contributed by atoms with van der Waals surface area (Å²) in [6.07, 6.45) is 0.827. The fraction of sp³-hybridized carbons (Fsp3) is 0.281. The molecule has 3 aromatic carbocycles. The van der Waals surface area contributed by atoms with E-state index in [4.69, 9.17) is 16.3 Å². The van der Waals surface area contributed by atoms with Crippen molar-refractivity contribution in [1.82, 2.24) is 4.98 Å². The Morgan fingerprint density at radius 1 is 0.952 bits per heavy atom. The van der Waals surface area contributed by atoms with Gasteiger partial charge in [-0.15, -0.1) is 11.8 Å². The van der Waals surface area contributed by atoms with Crippen LogP contribution in [0.15, 0.2) is 87.1 Å². The molecule has 3 heterocycles. The average molecular weight is 680 g/mol. The van der Waals surface area contributed by atoms with Gasteiger partial charge in [-0.3, -0.25) is 19.3 Å². The summed E-state index contributed by atoms with van der Waals surface area (Å²) in [5, 5.41) is 1.53. The fourth-order valence-corrected chi connectivity index (χ4v) is 11.2. The second-order valence-electron chi connectivity index (χ2n) is 11.4. The number of fused-ring (bicyclic) bond motifs is 9. The second-order valence-corrected chi connectivity index (χ2v) is 15.0. The number of aromatic amines is 1. The third-order valence-electron chi connectivity index (χ3n) is 9.35. The van der Waals surface area contributed by atoms with E-state index in [1.807, 2.05) is 42.5 Å². The van der Waals surface area contributed by atoms with Crippen LogP contribution in [0.4, 0.5) is 5.69 Å². The van der Waals surface area contributed by atoms with Gasteiger partial charge in [-0.25, -0.2) is 0 Å². The number of amides is 2. The summed E-state index contributed by atoms with van der Waals surface area (Å²) < 4.78 is 7.36. The van der Waals surface area contributed by atoms with Gasteiger partial charge in [0.2, 0.25) is 11.8 Å². The average Bonchev–Trinajstić information content (AvgIpc) is 3.72. The maximum atomic E-state index is 14.0. The zero-order valence-corrected chi connectivity index (χ0v) is 26.0. The molecule has 42 heavy (non-hydrogen) atoms. The Kier molecular flexibility index (Phi) is 6.44. The van der Waals surface area contributed by atoms with Crippen molar-refractivity contribution in [3.8, 4) is 5.75 Å². The first-order valence-electron chi connectivity index (χ1n) is 13.9. The molecule has 2 aliphatic heterocycles. The van der Waals surface area contributed by atoms with Crippen LogP contribution in [-0.4, -0.2) is 22.0 Å². The molecule has 6 nitrogen and oxygen atoms in total. The van der Waals surface area contributed by atoms with Crippen molar-refractivity contribution in [1.29, 1.82) is 0 Å². The maximum Gasteiger partial charge on any atom is 0.305 e. The molecular formula is C32H24BrClN2O4S2. The number of H-pyrrole nitrogens is 1. The number of halogens is 2. The number of imide groups is 1. The summed E-state index contributed by atoms with van der Waals surface area (Å²) in [5.74, 6) is -0.195. The Balaban J connectivity index is 1.21. The van der Waals surface area contributed by atoms with Gasteiger partial charge >= 0.3 is 4.87 Å². The van der Waals surface area contributed by atoms with E-state index < -0.39 is 0 Å². The molecule has 6 unspecified atom stereocenters. The predicted molar refractivity (Wildman–Crippen MR) is 167 cm³/mol. The first-order chi connectivity index (χ1) is 20.4. The van der Waals surface area contributed by atoms with E-state index in [9.17, 15) is 14.4 Å². The molecule has 2 aliphatic carbocycles. The van der Waals surface area contributed by atoms with Crippen LogP contribution in [0.25, 0.3) is 0 Å². The summed E-state index contributed by atoms with van der Waals surface area (Å²) in [7, 11) is 0. The number of thioether (sulfide) groups is 1. The highest BCUT2D eigenvalue weighted by atomic mass is 79.9. The van der Waals surface area contributed by atoms with Crippen LogP contribution in [0.2, 0.25) is 5.02 Å². The standard InChI is InChI=1S/C32H24BrClN2O4S2/c33-16-6-11-22(40-14-15-4-2-1-3-5-15)19(12-16)23-24-20-13-21(27(24)41-29-28(23)42-32(39)35-29)26-25(20)30(37)36(31(26)38)18-9-7-17(34)8-10-18/h1-12,20-21,23-27H,13-14H2,(H,35,39)/t20?,21?,23-,24?,25?,26?,27?/m1/s1. The molecule has 2 bridgehead atoms. The summed E-state index contributed by atoms with van der Waals surface area (Å²) >= 11 is 12.7. The number of aromatic nitrogens is 1. The van der Waals surface area contributed by atoms with Crippen molar-refractivity contribution in [2.75, 3.05) is 4.90 Å². The largest absolute Gasteiger partial charge is 0.489 e. The predicted octanol–water partition coefficient (Wildman–Crippen LogP) is 7.11. The number of carbonyl (C=O) groups excluding carboxylic acids is 2. The zero-order chi connectivity index (χ0) is 28.7. The SMILES string of the molecule is O=C1C2C3CC(C2C(=O)N1c1ccc(Cl)cc1)C1C3Sc2[nH]c(=O)sc2[C@@H]1c1cc(Br)ccc1OCc1ccccc1. The van der Waals surface area contributed by atoms with Crippen molar-refractivity contribution in [2.24, 2.45) is 29.6 Å². The highest BCUT2D eigenvalue weighted by Crippen LogP contribution is 2.69. The molecule has 0 spiro atoms. The molecule has 8 rings (SSSR count). The molecular weight excluding hydrogens is 656 g/mol. The van der Waals surface area contributed by atoms with Gasteiger partial charge in [0.05, 0.1) is 22.5 Å². The highest BCUT2D eigenvalue weighted by Gasteiger charge is 2.69. The minimum atomic E-state index is -0.374. The lowest BCUT2D eigenvalue weighted by atomic mass is 9.68. The van der Waals surface area contributed by atoms with E-state index in [1.54, 1.807) is 36.0 Å². The number of anilines is 1. The van der Waals surface area contributed by atoms with Gasteiger partial charge < -0.3 is 9.72 Å². The molecule has 1 N–H and O–H groups in total. The smallest absolute Gasteiger partial charge is 0.305 e. The summed E-state index contributed by atoms with van der Waals surface area (Å²) in [4.78, 5) is 45.9. The number of carbonyl (C=O) groups is 2. The van der Waals surface area contributed by atoms with Gasteiger partial charge in [-0.2, -0.15) is 0 Å². The minimum absolute atomic E-state index is 0.0163. The monoisotopic (exact) mass is 678 g/mol. The normalized spacial score (nSPS) is 29.0. The summed E-state index contributed by atoms with van der Waals surface area (Å²) in [6.45, 7) is 0.418. The Labute approximate surface area is 263 Å². The van der Waals surface area contributed by atoms with Crippen LogP contribution in [-0.2, 0) is 16.2 Å². The van der Waals surface area contributed by atoms with Crippen LogP contribution in [0.1, 0.15) is 28.3 Å². The number of benzene rings is 3. The van der Waals surface area contributed by atoms with E-state index in [2.05, 4.69) is 27.0 Å². The highest BCUT2D eigenvalue weighted by molar-refractivity contribution is 9.10. The van der Waals surface area contributed by atoms with Gasteiger partial charge in [0.1, 0.15) is 12.4 Å². The van der Waals surface area contributed by atoms with E-state index >= 15 is 0 Å². The maximum absolute atomic E-state index is 14.0. The Morgan fingerprint density at radius 2 is 1.69 bits per heavy atom. The number of nitrogens with one attached hydrogen (secondary N) is 1. The topological polar surface area (TPSA) is 79.5 Å². The molecule has 1 aromatic heterocycles. The Hall–Kier alpha value is -2.85. The lowest BCUT2D eigenvalue weighted by Crippen LogP contribution is -2.42. The fourth-order valence-electron chi connectivity index (χ4n) is 7.84. The second kappa shape index (κ2) is 10.1. The van der Waals surface area contributed by atoms with Crippen LogP contribution in [0.3, 0.4) is 0 Å². The van der Waals surface area contributed by atoms with Crippen molar-refractivity contribution in [3.05, 3.63) is 108 Å². The van der Waals surface area contributed by atoms with Gasteiger partial charge in [0.25, 0.3) is 0 Å². The molecule has 2 saturated carbocycles. The lowest BCUT2D eigenvalue weighted by molar-refractivity contribution is -0.123. The molecule has 10 heteroatoms. The van der Waals surface area contributed by atoms with Gasteiger partial charge in [-0.1, -0.05) is 69.2 Å². The number of rotatable bonds is 5. The molecule has 2 amide bonds. The number of hydrogen-bond donors (Lipinski definition) is 1. The van der Waals surface area contributed by atoms with E-state index in [-0.39, 0.29) is 57.4 Å². The van der Waals surface area contributed by atoms with Crippen molar-refractivity contribution >= 4 is 68.1 Å². The van der Waals surface area contributed by atoms with Crippen LogP contribution in [0.5, 0.6) is 5.75 Å². The number of hydrogen-bond acceptors (Lipinski definition) is 6. The quantitative estimate of drug-likeness (QED) is 0.228. The molecule has 4 aromatic rings. The van der Waals surface area contributed by atoms with Crippen molar-refractivity contribution in [3.63, 3.8) is 0 Å². The van der Waals surface area contributed by atoms with E-state index in [0.29, 0.717) is 17.3 Å². The van der Waals surface area contributed by atoms with Crippen molar-refractivity contribution < 1.29 is 14.3 Å². The Morgan fingerprint density at radius 3 is 2.45 bits per heavy atom. The Bertz CT molecular complexity index is 1790. The van der Waals surface area contributed by atoms with Crippen LogP contribution < -0.4 is 14.5 Å². The van der Waals surface area contributed by atoms with Gasteiger partial charge in [-0.05, 0) is 72.2 Å². The minimum Gasteiger partial charge on any atom is -0.489 e. The molecule has 0 radical (unpaired) electrons. The zero-order valence-electron chi connectivity index (χ0n) is 22.0. The summed E-state index contributed by atoms with van der Waals surface area (Å²) in [5.41, 5.74) is 2.64. The molecule has 212 valence electrons. The third-order valence-corrected chi connectivity index (χ3v) is 12.7. The first kappa shape index (κ1) is 26.8. The van der Waals surface area contributed by atoms with Gasteiger partial charge in [0.15, 0.2) is 0 Å². The molecule has 1 saturated heterocycles.